The Bertz CT molecular complexity index is 1200. The highest BCUT2D eigenvalue weighted by Crippen LogP contribution is 2.35. The third-order valence-corrected chi connectivity index (χ3v) is 8.23. The number of rotatable bonds is 15. The van der Waals surface area contributed by atoms with Gasteiger partial charge in [-0.3, -0.25) is 4.72 Å². The number of sulfonamides is 1. The summed E-state index contributed by atoms with van der Waals surface area (Å²) in [6.45, 7) is 10.1. The minimum Gasteiger partial charge on any atom is -0.478 e. The highest BCUT2D eigenvalue weighted by molar-refractivity contribution is 7.92. The van der Waals surface area contributed by atoms with Gasteiger partial charge >= 0.3 is 5.97 Å². The van der Waals surface area contributed by atoms with Crippen LogP contribution in [-0.2, 0) is 16.4 Å². The Labute approximate surface area is 222 Å². The van der Waals surface area contributed by atoms with Crippen LogP contribution in [0, 0.1) is 0 Å². The molecule has 37 heavy (non-hydrogen) atoms. The van der Waals surface area contributed by atoms with Gasteiger partial charge in [-0.2, -0.15) is 0 Å². The molecule has 0 saturated carbocycles. The number of anilines is 2. The normalized spacial score (nSPS) is 13.2. The van der Waals surface area contributed by atoms with Crippen molar-refractivity contribution >= 4 is 32.9 Å². The quantitative estimate of drug-likeness (QED) is 0.237. The van der Waals surface area contributed by atoms with Crippen molar-refractivity contribution in [1.82, 2.24) is 4.90 Å². The first-order valence-corrected chi connectivity index (χ1v) is 14.9. The lowest BCUT2D eigenvalue weighted by Crippen LogP contribution is -2.28. The summed E-state index contributed by atoms with van der Waals surface area (Å²) in [4.78, 5) is 14.8. The highest BCUT2D eigenvalue weighted by Gasteiger charge is 2.26. The molecule has 0 fully saturated rings. The summed E-state index contributed by atoms with van der Waals surface area (Å²) in [6.07, 6.45) is 9.18. The number of hydrogen-bond donors (Lipinski definition) is 3. The smallest absolute Gasteiger partial charge is 0.338 e. The van der Waals surface area contributed by atoms with Crippen LogP contribution in [0.25, 0.3) is 5.57 Å². The molecular formula is C29H41N3O4S. The van der Waals surface area contributed by atoms with E-state index in [1.165, 1.54) is 25.7 Å². The number of carboxylic acid groups (broad SMARTS) is 1. The summed E-state index contributed by atoms with van der Waals surface area (Å²) in [6, 6.07) is 10.2. The molecule has 0 radical (unpaired) electrons. The fourth-order valence-corrected chi connectivity index (χ4v) is 6.09. The lowest BCUT2D eigenvalue weighted by molar-refractivity contribution is 0.0697. The zero-order valence-electron chi connectivity index (χ0n) is 22.3. The molecule has 7 nitrogen and oxygen atoms in total. The van der Waals surface area contributed by atoms with Gasteiger partial charge in [0.05, 0.1) is 16.9 Å². The number of carboxylic acids is 1. The van der Waals surface area contributed by atoms with E-state index >= 15 is 0 Å². The summed E-state index contributed by atoms with van der Waals surface area (Å²) in [7, 11) is -4.03. The first kappa shape index (κ1) is 28.7. The van der Waals surface area contributed by atoms with Gasteiger partial charge in [0.1, 0.15) is 4.90 Å². The van der Waals surface area contributed by atoms with E-state index in [1.54, 1.807) is 30.3 Å². The van der Waals surface area contributed by atoms with E-state index in [4.69, 9.17) is 0 Å². The van der Waals surface area contributed by atoms with Gasteiger partial charge in [-0.1, -0.05) is 51.0 Å². The fourth-order valence-electron chi connectivity index (χ4n) is 4.83. The molecule has 0 atom stereocenters. The van der Waals surface area contributed by atoms with Crippen molar-refractivity contribution in [3.05, 3.63) is 59.2 Å². The number of unbranched alkanes of at least 4 members (excludes halogenated alkanes) is 2. The topological polar surface area (TPSA) is 98.7 Å². The van der Waals surface area contributed by atoms with Gasteiger partial charge in [-0.15, -0.1) is 0 Å². The van der Waals surface area contributed by atoms with E-state index in [1.807, 2.05) is 19.1 Å². The maximum Gasteiger partial charge on any atom is 0.338 e. The monoisotopic (exact) mass is 527 g/mol. The van der Waals surface area contributed by atoms with Gasteiger partial charge in [-0.25, -0.2) is 13.2 Å². The number of nitrogens with one attached hydrogen (secondary N) is 2. The minimum absolute atomic E-state index is 0.000727. The molecular weight excluding hydrogens is 486 g/mol. The number of para-hydroxylation sites is 1. The SMILES string of the molecule is CCCCN(CCCC)CCCNc1ccccc1S(=O)(=O)Nc1ccc2c(c1C(=O)O)C(C)=CCC2. The van der Waals surface area contributed by atoms with Gasteiger partial charge in [-0.05, 0) is 93.6 Å². The lowest BCUT2D eigenvalue weighted by atomic mass is 9.87. The molecule has 202 valence electrons. The van der Waals surface area contributed by atoms with Crippen molar-refractivity contribution < 1.29 is 18.3 Å². The van der Waals surface area contributed by atoms with E-state index in [2.05, 4.69) is 28.8 Å². The molecule has 0 bridgehead atoms. The average Bonchev–Trinajstić information content (AvgIpc) is 2.87. The maximum absolute atomic E-state index is 13.5. The zero-order chi connectivity index (χ0) is 26.8. The fraction of sp³-hybridized carbons (Fsp3) is 0.483. The molecule has 0 aromatic heterocycles. The molecule has 8 heteroatoms. The van der Waals surface area contributed by atoms with Crippen LogP contribution in [0.15, 0.2) is 47.4 Å². The maximum atomic E-state index is 13.5. The second-order valence-electron chi connectivity index (χ2n) is 9.68. The Morgan fingerprint density at radius 1 is 0.973 bits per heavy atom. The van der Waals surface area contributed by atoms with Crippen molar-refractivity contribution in [3.8, 4) is 0 Å². The predicted molar refractivity (Wildman–Crippen MR) is 152 cm³/mol. The number of fused-ring (bicyclic) bond motifs is 1. The van der Waals surface area contributed by atoms with Gasteiger partial charge in [0.15, 0.2) is 0 Å². The second-order valence-corrected chi connectivity index (χ2v) is 11.3. The molecule has 0 saturated heterocycles. The first-order chi connectivity index (χ1) is 17.8. The van der Waals surface area contributed by atoms with Crippen LogP contribution >= 0.6 is 0 Å². The van der Waals surface area contributed by atoms with E-state index in [9.17, 15) is 18.3 Å². The molecule has 0 spiro atoms. The standard InChI is InChI=1S/C29H41N3O4S/c1-4-6-19-32(20-7-5-2)21-11-18-30-24-14-8-9-15-26(24)37(35,36)31-25-17-16-23-13-10-12-22(3)27(23)28(25)29(33)34/h8-9,12,14-17,30-31H,4-7,10-11,13,18-21H2,1-3H3,(H,33,34). The summed E-state index contributed by atoms with van der Waals surface area (Å²) >= 11 is 0. The van der Waals surface area contributed by atoms with Crippen LogP contribution in [-0.4, -0.2) is 50.6 Å². The summed E-state index contributed by atoms with van der Waals surface area (Å²) in [5.74, 6) is -1.15. The first-order valence-electron chi connectivity index (χ1n) is 13.4. The molecule has 0 aliphatic heterocycles. The molecule has 2 aromatic rings. The number of aromatic carboxylic acids is 1. The number of aryl methyl sites for hydroxylation is 1. The number of carbonyl (C=O) groups is 1. The molecule has 1 aliphatic carbocycles. The van der Waals surface area contributed by atoms with Gasteiger partial charge < -0.3 is 15.3 Å². The van der Waals surface area contributed by atoms with E-state index in [0.29, 0.717) is 17.8 Å². The largest absolute Gasteiger partial charge is 0.478 e. The van der Waals surface area contributed by atoms with Crippen molar-refractivity contribution in [2.75, 3.05) is 36.2 Å². The number of benzene rings is 2. The van der Waals surface area contributed by atoms with Crippen molar-refractivity contribution in [1.29, 1.82) is 0 Å². The van der Waals surface area contributed by atoms with E-state index in [-0.39, 0.29) is 16.1 Å². The van der Waals surface area contributed by atoms with E-state index < -0.39 is 16.0 Å². The predicted octanol–water partition coefficient (Wildman–Crippen LogP) is 6.24. The molecule has 0 unspecified atom stereocenters. The van der Waals surface area contributed by atoms with Crippen LogP contribution in [0.2, 0.25) is 0 Å². The summed E-state index contributed by atoms with van der Waals surface area (Å²) < 4.78 is 29.5. The summed E-state index contributed by atoms with van der Waals surface area (Å²) in [5, 5.41) is 13.3. The Morgan fingerprint density at radius 3 is 2.32 bits per heavy atom. The van der Waals surface area contributed by atoms with Crippen LogP contribution < -0.4 is 10.0 Å². The molecule has 0 heterocycles. The third kappa shape index (κ3) is 7.58. The van der Waals surface area contributed by atoms with E-state index in [0.717, 1.165) is 50.0 Å². The molecule has 3 rings (SSSR count). The molecule has 2 aromatic carbocycles. The average molecular weight is 528 g/mol. The van der Waals surface area contributed by atoms with Gasteiger partial charge in [0.2, 0.25) is 0 Å². The minimum atomic E-state index is -4.03. The summed E-state index contributed by atoms with van der Waals surface area (Å²) in [5.41, 5.74) is 2.98. The number of hydrogen-bond acceptors (Lipinski definition) is 5. The van der Waals surface area contributed by atoms with Crippen LogP contribution in [0.1, 0.15) is 80.8 Å². The number of allylic oxidation sites excluding steroid dienone is 2. The van der Waals surface area contributed by atoms with Gasteiger partial charge in [0, 0.05) is 6.54 Å². The Kier molecular flexibility index (Phi) is 10.6. The van der Waals surface area contributed by atoms with Crippen LogP contribution in [0.3, 0.4) is 0 Å². The van der Waals surface area contributed by atoms with Gasteiger partial charge in [0.25, 0.3) is 10.0 Å². The Balaban J connectivity index is 1.75. The third-order valence-electron chi connectivity index (χ3n) is 6.81. The van der Waals surface area contributed by atoms with Crippen molar-refractivity contribution in [3.63, 3.8) is 0 Å². The molecule has 3 N–H and O–H groups in total. The Morgan fingerprint density at radius 2 is 1.65 bits per heavy atom. The van der Waals surface area contributed by atoms with Crippen molar-refractivity contribution in [2.24, 2.45) is 0 Å². The lowest BCUT2D eigenvalue weighted by Gasteiger charge is -2.22. The highest BCUT2D eigenvalue weighted by atomic mass is 32.2. The number of nitrogens with zero attached hydrogens (tertiary/aromatic N) is 1. The van der Waals surface area contributed by atoms with Crippen molar-refractivity contribution in [2.45, 2.75) is 70.6 Å². The van der Waals surface area contributed by atoms with Crippen LogP contribution in [0.4, 0.5) is 11.4 Å². The second kappa shape index (κ2) is 13.6. The molecule has 0 amide bonds. The van der Waals surface area contributed by atoms with Crippen LogP contribution in [0.5, 0.6) is 0 Å². The molecule has 1 aliphatic rings. The Hall–Kier alpha value is -2.84. The zero-order valence-corrected chi connectivity index (χ0v) is 23.2.